The fourth-order valence-electron chi connectivity index (χ4n) is 1.17. The Morgan fingerprint density at radius 2 is 1.94 bits per heavy atom. The largest absolute Gasteiger partial charge is 0.858 e. The van der Waals surface area contributed by atoms with Gasteiger partial charge >= 0.3 is 0 Å². The van der Waals surface area contributed by atoms with E-state index in [9.17, 15) is 9.90 Å². The van der Waals surface area contributed by atoms with Crippen LogP contribution in [0.15, 0.2) is 34.3 Å². The summed E-state index contributed by atoms with van der Waals surface area (Å²) in [6, 6.07) is 6.57. The quantitative estimate of drug-likeness (QED) is 0.428. The second kappa shape index (κ2) is 4.73. The molecule has 0 aliphatic heterocycles. The molecule has 0 spiro atoms. The van der Waals surface area contributed by atoms with Crippen molar-refractivity contribution in [2.75, 3.05) is 0 Å². The van der Waals surface area contributed by atoms with Crippen LogP contribution in [0.25, 0.3) is 0 Å². The highest BCUT2D eigenvalue weighted by Gasteiger charge is 2.08. The maximum atomic E-state index is 11.8. The van der Waals surface area contributed by atoms with Gasteiger partial charge in [-0.1, -0.05) is 18.2 Å². The van der Waals surface area contributed by atoms with Crippen LogP contribution in [0.2, 0.25) is 0 Å². The van der Waals surface area contributed by atoms with Crippen LogP contribution in [0.3, 0.4) is 0 Å². The van der Waals surface area contributed by atoms with Gasteiger partial charge < -0.3 is 5.11 Å². The Hall–Kier alpha value is -1.93. The molecule has 84 valence electrons. The Bertz CT molecular complexity index is 452. The molecule has 1 rings (SSSR count). The van der Waals surface area contributed by atoms with Gasteiger partial charge in [-0.3, -0.25) is 4.99 Å². The van der Waals surface area contributed by atoms with Gasteiger partial charge in [-0.15, -0.1) is 0 Å². The third-order valence-corrected chi connectivity index (χ3v) is 1.74. The lowest BCUT2D eigenvalue weighted by Gasteiger charge is -2.20. The molecule has 0 N–H and O–H groups in total. The smallest absolute Gasteiger partial charge is 0.240 e. The highest BCUT2D eigenvalue weighted by molar-refractivity contribution is 5.96. The second-order valence-electron chi connectivity index (χ2n) is 4.31. The third kappa shape index (κ3) is 3.33. The molecule has 0 saturated carbocycles. The maximum absolute atomic E-state index is 11.8. The van der Waals surface area contributed by atoms with Gasteiger partial charge in [0.25, 0.3) is 0 Å². The molecule has 0 atom stereocenters. The lowest BCUT2D eigenvalue weighted by molar-refractivity contribution is -0.213. The lowest BCUT2D eigenvalue weighted by atomic mass is 10.1. The van der Waals surface area contributed by atoms with Crippen molar-refractivity contribution in [3.63, 3.8) is 0 Å². The van der Waals surface area contributed by atoms with Crippen molar-refractivity contribution < 1.29 is 9.90 Å². The summed E-state index contributed by atoms with van der Waals surface area (Å²) in [5, 5.41) is 11.8. The van der Waals surface area contributed by atoms with Gasteiger partial charge in [-0.05, 0) is 32.7 Å². The SMILES string of the molecule is CC(C)(C)N=C([O-])c1ccccc1N=C=O. The third-order valence-electron chi connectivity index (χ3n) is 1.74. The zero-order valence-corrected chi connectivity index (χ0v) is 9.52. The summed E-state index contributed by atoms with van der Waals surface area (Å²) in [7, 11) is 0. The molecule has 0 heterocycles. The van der Waals surface area contributed by atoms with Gasteiger partial charge in [0.2, 0.25) is 6.08 Å². The number of nitrogens with zero attached hydrogens (tertiary/aromatic N) is 2. The number of isocyanates is 1. The fourth-order valence-corrected chi connectivity index (χ4v) is 1.17. The zero-order chi connectivity index (χ0) is 12.2. The Morgan fingerprint density at radius 3 is 2.50 bits per heavy atom. The number of aliphatic imine (C=N–C) groups is 2. The highest BCUT2D eigenvalue weighted by atomic mass is 16.3. The topological polar surface area (TPSA) is 64.8 Å². The van der Waals surface area contributed by atoms with Crippen LogP contribution in [0.1, 0.15) is 26.3 Å². The first-order chi connectivity index (χ1) is 7.44. The summed E-state index contributed by atoms with van der Waals surface area (Å²) >= 11 is 0. The normalized spacial score (nSPS) is 12.1. The summed E-state index contributed by atoms with van der Waals surface area (Å²) in [6.45, 7) is 5.49. The standard InChI is InChI=1S/C12H14N2O2/c1-12(2,3)14-11(16)9-6-4-5-7-10(9)13-8-15/h4-7H,1-3H3,(H,14,16)/p-1. The first-order valence-corrected chi connectivity index (χ1v) is 4.88. The molecule has 0 amide bonds. The van der Waals surface area contributed by atoms with Crippen LogP contribution in [0, 0.1) is 0 Å². The first kappa shape index (κ1) is 12.1. The Balaban J connectivity index is 3.23. The van der Waals surface area contributed by atoms with Crippen LogP contribution in [-0.4, -0.2) is 17.5 Å². The van der Waals surface area contributed by atoms with Crippen LogP contribution in [0.4, 0.5) is 5.69 Å². The van der Waals surface area contributed by atoms with E-state index in [-0.39, 0.29) is 5.90 Å². The molecule has 4 nitrogen and oxygen atoms in total. The molecular formula is C12H13N2O2-. The summed E-state index contributed by atoms with van der Waals surface area (Å²) in [5.41, 5.74) is 0.172. The summed E-state index contributed by atoms with van der Waals surface area (Å²) in [6.07, 6.45) is 1.42. The zero-order valence-electron chi connectivity index (χ0n) is 9.52. The molecule has 0 aromatic heterocycles. The predicted octanol–water partition coefficient (Wildman–Crippen LogP) is 1.56. The van der Waals surface area contributed by atoms with Gasteiger partial charge in [0.05, 0.1) is 11.2 Å². The predicted molar refractivity (Wildman–Crippen MR) is 60.5 cm³/mol. The average Bonchev–Trinajstić information content (AvgIpc) is 2.16. The molecule has 0 radical (unpaired) electrons. The fraction of sp³-hybridized carbons (Fsp3) is 0.333. The van der Waals surface area contributed by atoms with Gasteiger partial charge in [0.1, 0.15) is 0 Å². The van der Waals surface area contributed by atoms with E-state index < -0.39 is 5.54 Å². The second-order valence-corrected chi connectivity index (χ2v) is 4.31. The van der Waals surface area contributed by atoms with E-state index in [4.69, 9.17) is 0 Å². The minimum Gasteiger partial charge on any atom is -0.858 e. The van der Waals surface area contributed by atoms with E-state index in [1.165, 1.54) is 6.08 Å². The molecule has 0 bridgehead atoms. The molecule has 1 aromatic rings. The number of hydrogen-bond acceptors (Lipinski definition) is 4. The molecule has 0 fully saturated rings. The minimum atomic E-state index is -0.449. The van der Waals surface area contributed by atoms with E-state index in [1.807, 2.05) is 20.8 Å². The molecule has 0 unspecified atom stereocenters. The van der Waals surface area contributed by atoms with Crippen LogP contribution in [-0.2, 0) is 4.79 Å². The summed E-state index contributed by atoms with van der Waals surface area (Å²) < 4.78 is 0. The first-order valence-electron chi connectivity index (χ1n) is 4.88. The van der Waals surface area contributed by atoms with E-state index >= 15 is 0 Å². The van der Waals surface area contributed by atoms with Crippen molar-refractivity contribution in [1.82, 2.24) is 0 Å². The van der Waals surface area contributed by atoms with Crippen molar-refractivity contribution in [2.24, 2.45) is 9.98 Å². The number of rotatable bonds is 2. The van der Waals surface area contributed by atoms with E-state index in [1.54, 1.807) is 24.3 Å². The number of para-hydroxylation sites is 1. The Labute approximate surface area is 94.4 Å². The van der Waals surface area contributed by atoms with E-state index in [2.05, 4.69) is 9.98 Å². The number of hydrogen-bond donors (Lipinski definition) is 0. The number of benzene rings is 1. The van der Waals surface area contributed by atoms with Gasteiger partial charge in [0.15, 0.2) is 0 Å². The molecule has 0 saturated heterocycles. The van der Waals surface area contributed by atoms with Crippen molar-refractivity contribution >= 4 is 17.7 Å². The van der Waals surface area contributed by atoms with Crippen LogP contribution in [0.5, 0.6) is 0 Å². The lowest BCUT2D eigenvalue weighted by Crippen LogP contribution is -2.24. The molecule has 0 aliphatic rings. The van der Waals surface area contributed by atoms with Crippen molar-refractivity contribution in [3.8, 4) is 0 Å². The molecular weight excluding hydrogens is 204 g/mol. The number of carbonyl (C=O) groups excluding carboxylic acids is 1. The molecule has 0 aliphatic carbocycles. The van der Waals surface area contributed by atoms with E-state index in [0.29, 0.717) is 11.3 Å². The van der Waals surface area contributed by atoms with Gasteiger partial charge in [-0.2, -0.15) is 4.99 Å². The van der Waals surface area contributed by atoms with Crippen LogP contribution >= 0.6 is 0 Å². The van der Waals surface area contributed by atoms with Gasteiger partial charge in [-0.25, -0.2) is 4.79 Å². The summed E-state index contributed by atoms with van der Waals surface area (Å²) in [4.78, 5) is 17.7. The van der Waals surface area contributed by atoms with Gasteiger partial charge in [0, 0.05) is 5.56 Å². The van der Waals surface area contributed by atoms with Crippen molar-refractivity contribution in [1.29, 1.82) is 0 Å². The molecule has 4 heteroatoms. The molecule has 16 heavy (non-hydrogen) atoms. The minimum absolute atomic E-state index is 0.301. The monoisotopic (exact) mass is 217 g/mol. The van der Waals surface area contributed by atoms with E-state index in [0.717, 1.165) is 0 Å². The Morgan fingerprint density at radius 1 is 1.31 bits per heavy atom. The summed E-state index contributed by atoms with van der Waals surface area (Å²) in [5.74, 6) is -0.373. The highest BCUT2D eigenvalue weighted by Crippen LogP contribution is 2.19. The average molecular weight is 217 g/mol. The maximum Gasteiger partial charge on any atom is 0.240 e. The van der Waals surface area contributed by atoms with Crippen molar-refractivity contribution in [2.45, 2.75) is 26.3 Å². The Kier molecular flexibility index (Phi) is 3.59. The molecule has 1 aromatic carbocycles. The van der Waals surface area contributed by atoms with Crippen LogP contribution < -0.4 is 5.11 Å². The van der Waals surface area contributed by atoms with Crippen molar-refractivity contribution in [3.05, 3.63) is 29.8 Å².